The zero-order chi connectivity index (χ0) is 27.4. The lowest BCUT2D eigenvalue weighted by Gasteiger charge is -2.26. The van der Waals surface area contributed by atoms with E-state index in [4.69, 9.17) is 5.14 Å². The van der Waals surface area contributed by atoms with Crippen molar-refractivity contribution in [1.82, 2.24) is 14.8 Å². The summed E-state index contributed by atoms with van der Waals surface area (Å²) >= 11 is 0. The zero-order valence-corrected chi connectivity index (χ0v) is 23.0. The number of likely N-dealkylation sites (tertiary alicyclic amines) is 1. The topological polar surface area (TPSA) is 97.4 Å². The largest absolute Gasteiger partial charge is 0.351 e. The first-order chi connectivity index (χ1) is 18.8. The smallest absolute Gasteiger partial charge is 0.253 e. The first kappa shape index (κ1) is 26.9. The van der Waals surface area contributed by atoms with E-state index in [-0.39, 0.29) is 10.8 Å². The zero-order valence-electron chi connectivity index (χ0n) is 22.1. The van der Waals surface area contributed by atoms with Crippen LogP contribution in [0, 0.1) is 6.92 Å². The fourth-order valence-corrected chi connectivity index (χ4v) is 5.75. The second-order valence-corrected chi connectivity index (χ2v) is 11.6. The summed E-state index contributed by atoms with van der Waals surface area (Å²) in [5, 5.41) is 8.41. The molecule has 7 nitrogen and oxygen atoms in total. The molecule has 202 valence electrons. The van der Waals surface area contributed by atoms with Crippen LogP contribution in [0.2, 0.25) is 0 Å². The Labute approximate surface area is 230 Å². The van der Waals surface area contributed by atoms with Gasteiger partial charge in [-0.2, -0.15) is 0 Å². The highest BCUT2D eigenvalue weighted by Gasteiger charge is 2.21. The fraction of sp³-hybridized carbons (Fsp3) is 0.258. The molecule has 0 spiro atoms. The van der Waals surface area contributed by atoms with Crippen LogP contribution in [-0.2, 0) is 10.0 Å². The van der Waals surface area contributed by atoms with Gasteiger partial charge in [0, 0.05) is 24.5 Å². The monoisotopic (exact) mass is 542 g/mol. The van der Waals surface area contributed by atoms with Crippen molar-refractivity contribution in [3.8, 4) is 28.1 Å². The average molecular weight is 543 g/mol. The maximum Gasteiger partial charge on any atom is 0.253 e. The lowest BCUT2D eigenvalue weighted by atomic mass is 10.0. The summed E-state index contributed by atoms with van der Waals surface area (Å²) in [6, 6.07) is 26.7. The van der Waals surface area contributed by atoms with Crippen LogP contribution in [0.5, 0.6) is 0 Å². The van der Waals surface area contributed by atoms with E-state index in [1.807, 2.05) is 47.9 Å². The molecule has 3 aromatic carbocycles. The van der Waals surface area contributed by atoms with Crippen molar-refractivity contribution >= 4 is 15.9 Å². The molecule has 3 N–H and O–H groups in total. The molecule has 0 radical (unpaired) electrons. The maximum atomic E-state index is 13.3. The second-order valence-electron chi connectivity index (χ2n) is 10.0. The van der Waals surface area contributed by atoms with E-state index in [1.165, 1.54) is 31.4 Å². The third-order valence-electron chi connectivity index (χ3n) is 7.37. The number of hydrogen-bond acceptors (Lipinski definition) is 4. The normalized spacial score (nSPS) is 14.3. The van der Waals surface area contributed by atoms with Crippen molar-refractivity contribution in [3.05, 3.63) is 96.2 Å². The van der Waals surface area contributed by atoms with Crippen molar-refractivity contribution in [2.24, 2.45) is 5.14 Å². The maximum absolute atomic E-state index is 13.3. The van der Waals surface area contributed by atoms with Crippen molar-refractivity contribution in [1.29, 1.82) is 0 Å². The van der Waals surface area contributed by atoms with Gasteiger partial charge in [0.15, 0.2) is 0 Å². The van der Waals surface area contributed by atoms with Crippen molar-refractivity contribution in [3.63, 3.8) is 0 Å². The van der Waals surface area contributed by atoms with E-state index in [1.54, 1.807) is 12.1 Å². The molecule has 4 aromatic rings. The highest BCUT2D eigenvalue weighted by Crippen LogP contribution is 2.31. The number of carbonyl (C=O) groups is 1. The van der Waals surface area contributed by atoms with Gasteiger partial charge >= 0.3 is 0 Å². The molecule has 1 aliphatic heterocycles. The Kier molecular flexibility index (Phi) is 7.97. The minimum Gasteiger partial charge on any atom is -0.351 e. The van der Waals surface area contributed by atoms with Gasteiger partial charge in [0.05, 0.1) is 16.2 Å². The lowest BCUT2D eigenvalue weighted by Crippen LogP contribution is -2.37. The third kappa shape index (κ3) is 6.14. The molecule has 8 heteroatoms. The van der Waals surface area contributed by atoms with E-state index in [2.05, 4.69) is 34.5 Å². The third-order valence-corrected chi connectivity index (χ3v) is 8.29. The number of carbonyl (C=O) groups excluding carboxylic acids is 1. The number of nitrogens with two attached hydrogens (primary N) is 1. The van der Waals surface area contributed by atoms with Gasteiger partial charge in [-0.1, -0.05) is 61.0 Å². The predicted octanol–water partition coefficient (Wildman–Crippen LogP) is 4.98. The molecule has 1 aliphatic rings. The number of nitrogens with zero attached hydrogens (tertiary/aromatic N) is 2. The number of primary sulfonamides is 1. The summed E-state index contributed by atoms with van der Waals surface area (Å²) in [6.07, 6.45) is 3.71. The Bertz CT molecular complexity index is 1540. The van der Waals surface area contributed by atoms with Gasteiger partial charge in [0.2, 0.25) is 10.0 Å². The molecule has 0 bridgehead atoms. The Morgan fingerprint density at radius 1 is 0.846 bits per heavy atom. The quantitative estimate of drug-likeness (QED) is 0.328. The minimum atomic E-state index is -3.81. The van der Waals surface area contributed by atoms with Gasteiger partial charge in [-0.25, -0.2) is 13.6 Å². The van der Waals surface area contributed by atoms with Crippen molar-refractivity contribution in [2.75, 3.05) is 26.2 Å². The Balaban J connectivity index is 1.47. The molecule has 1 saturated heterocycles. The Hall–Kier alpha value is -3.72. The molecule has 0 saturated carbocycles. The van der Waals surface area contributed by atoms with Crippen LogP contribution >= 0.6 is 0 Å². The number of sulfonamides is 1. The summed E-state index contributed by atoms with van der Waals surface area (Å²) in [6.45, 7) is 5.52. The van der Waals surface area contributed by atoms with Crippen LogP contribution in [-0.4, -0.2) is 50.0 Å². The van der Waals surface area contributed by atoms with Gasteiger partial charge in [-0.3, -0.25) is 4.79 Å². The van der Waals surface area contributed by atoms with Crippen molar-refractivity contribution in [2.45, 2.75) is 31.1 Å². The van der Waals surface area contributed by atoms with Gasteiger partial charge in [0.25, 0.3) is 5.91 Å². The minimum absolute atomic E-state index is 0.0421. The lowest BCUT2D eigenvalue weighted by molar-refractivity contribution is 0.0946. The summed E-state index contributed by atoms with van der Waals surface area (Å²) in [4.78, 5) is 15.8. The van der Waals surface area contributed by atoms with Gasteiger partial charge in [-0.05, 0) is 79.9 Å². The van der Waals surface area contributed by atoms with Crippen LogP contribution < -0.4 is 10.5 Å². The fourth-order valence-electron chi connectivity index (χ4n) is 5.24. The van der Waals surface area contributed by atoms with Crippen LogP contribution in [0.4, 0.5) is 0 Å². The Morgan fingerprint density at radius 3 is 2.10 bits per heavy atom. The number of aromatic nitrogens is 1. The predicted molar refractivity (Wildman–Crippen MR) is 155 cm³/mol. The first-order valence-electron chi connectivity index (χ1n) is 13.3. The summed E-state index contributed by atoms with van der Waals surface area (Å²) in [7, 11) is -3.81. The first-order valence-corrected chi connectivity index (χ1v) is 14.9. The molecule has 0 atom stereocenters. The van der Waals surface area contributed by atoms with Gasteiger partial charge < -0.3 is 14.8 Å². The standard InChI is InChI=1S/C31H34N4O3S/c1-23-29(31(36)33-18-21-34-19-6-3-7-20-34)22-30(35(23)27-14-16-28(17-15-27)39(32,37)38)26-12-10-25(11-13-26)24-8-4-2-5-9-24/h2,4-5,8-17,22H,3,6-7,18-21H2,1H3,(H,33,36)(H2,32,37,38). The number of piperidine rings is 1. The SMILES string of the molecule is Cc1c(C(=O)NCCN2CCCCC2)cc(-c2ccc(-c3ccccc3)cc2)n1-c1ccc(S(N)(=O)=O)cc1. The van der Waals surface area contributed by atoms with E-state index in [9.17, 15) is 13.2 Å². The molecule has 1 aromatic heterocycles. The van der Waals surface area contributed by atoms with Crippen LogP contribution in [0.1, 0.15) is 35.3 Å². The molecule has 0 aliphatic carbocycles. The van der Waals surface area contributed by atoms with E-state index >= 15 is 0 Å². The molecule has 1 amide bonds. The van der Waals surface area contributed by atoms with E-state index < -0.39 is 10.0 Å². The molecular weight excluding hydrogens is 508 g/mol. The van der Waals surface area contributed by atoms with Crippen LogP contribution in [0.3, 0.4) is 0 Å². The van der Waals surface area contributed by atoms with Crippen LogP contribution in [0.25, 0.3) is 28.1 Å². The number of rotatable bonds is 8. The van der Waals surface area contributed by atoms with Gasteiger partial charge in [-0.15, -0.1) is 0 Å². The second kappa shape index (κ2) is 11.6. The molecule has 2 heterocycles. The molecule has 1 fully saturated rings. The average Bonchev–Trinajstić information content (AvgIpc) is 3.30. The highest BCUT2D eigenvalue weighted by molar-refractivity contribution is 7.89. The summed E-state index contributed by atoms with van der Waals surface area (Å²) in [5.74, 6) is -0.119. The van der Waals surface area contributed by atoms with E-state index in [0.717, 1.165) is 53.4 Å². The highest BCUT2D eigenvalue weighted by atomic mass is 32.2. The molecule has 0 unspecified atom stereocenters. The number of nitrogens with one attached hydrogen (secondary N) is 1. The number of hydrogen-bond donors (Lipinski definition) is 2. The van der Waals surface area contributed by atoms with Crippen molar-refractivity contribution < 1.29 is 13.2 Å². The summed E-state index contributed by atoms with van der Waals surface area (Å²) < 4.78 is 25.6. The molecular formula is C31H34N4O3S. The van der Waals surface area contributed by atoms with Crippen LogP contribution in [0.15, 0.2) is 89.8 Å². The number of benzene rings is 3. The van der Waals surface area contributed by atoms with Gasteiger partial charge in [0.1, 0.15) is 0 Å². The Morgan fingerprint density at radius 2 is 1.46 bits per heavy atom. The molecule has 39 heavy (non-hydrogen) atoms. The van der Waals surface area contributed by atoms with E-state index in [0.29, 0.717) is 12.1 Å². The molecule has 5 rings (SSSR count). The summed E-state index contributed by atoms with van der Waals surface area (Å²) in [5.41, 5.74) is 6.12. The number of amides is 1.